The monoisotopic (exact) mass is 308 g/mol. The van der Waals surface area contributed by atoms with Crippen LogP contribution in [0, 0.1) is 17.1 Å². The number of hydrogen-bond donors (Lipinski definition) is 1. The zero-order chi connectivity index (χ0) is 13.0. The Kier molecular flexibility index (Phi) is 4.00. The van der Waals surface area contributed by atoms with E-state index >= 15 is 0 Å². The van der Waals surface area contributed by atoms with Gasteiger partial charge in [0.15, 0.2) is 5.82 Å². The molecule has 1 N–H and O–H groups in total. The molecule has 0 atom stereocenters. The minimum Gasteiger partial charge on any atom is -0.469 e. The zero-order valence-corrected chi connectivity index (χ0v) is 11.0. The Morgan fingerprint density at radius 3 is 2.89 bits per heavy atom. The molecule has 0 aliphatic carbocycles. The van der Waals surface area contributed by atoms with E-state index in [1.165, 1.54) is 0 Å². The molecule has 0 saturated carbocycles. The van der Waals surface area contributed by atoms with Crippen molar-refractivity contribution in [2.45, 2.75) is 6.42 Å². The summed E-state index contributed by atoms with van der Waals surface area (Å²) >= 11 is 3.07. The van der Waals surface area contributed by atoms with Gasteiger partial charge in [0.2, 0.25) is 0 Å². The van der Waals surface area contributed by atoms with E-state index in [1.807, 2.05) is 18.2 Å². The minimum absolute atomic E-state index is 0.188. The van der Waals surface area contributed by atoms with Crippen molar-refractivity contribution in [1.29, 1.82) is 5.26 Å². The third-order valence-electron chi connectivity index (χ3n) is 2.47. The summed E-state index contributed by atoms with van der Waals surface area (Å²) in [4.78, 5) is 0. The molecule has 1 heterocycles. The van der Waals surface area contributed by atoms with Gasteiger partial charge >= 0.3 is 0 Å². The summed E-state index contributed by atoms with van der Waals surface area (Å²) in [7, 11) is 0. The summed E-state index contributed by atoms with van der Waals surface area (Å²) in [6.07, 6.45) is 2.28. The highest BCUT2D eigenvalue weighted by Crippen LogP contribution is 2.26. The van der Waals surface area contributed by atoms with Crippen molar-refractivity contribution in [2.24, 2.45) is 0 Å². The predicted molar refractivity (Wildman–Crippen MR) is 69.7 cm³/mol. The SMILES string of the molecule is N#Cc1ccc(NCCc2ccco2)c(F)c1Br. The summed E-state index contributed by atoms with van der Waals surface area (Å²) in [5.74, 6) is 0.393. The van der Waals surface area contributed by atoms with E-state index in [1.54, 1.807) is 18.4 Å². The van der Waals surface area contributed by atoms with Crippen molar-refractivity contribution in [3.63, 3.8) is 0 Å². The third kappa shape index (κ3) is 2.71. The number of benzene rings is 1. The van der Waals surface area contributed by atoms with Gasteiger partial charge < -0.3 is 9.73 Å². The number of hydrogen-bond acceptors (Lipinski definition) is 3. The molecule has 92 valence electrons. The summed E-state index contributed by atoms with van der Waals surface area (Å²) in [6.45, 7) is 0.558. The predicted octanol–water partition coefficient (Wildman–Crippen LogP) is 3.71. The van der Waals surface area contributed by atoms with E-state index in [9.17, 15) is 4.39 Å². The van der Waals surface area contributed by atoms with Gasteiger partial charge in [-0.25, -0.2) is 4.39 Å². The fourth-order valence-corrected chi connectivity index (χ4v) is 1.98. The van der Waals surface area contributed by atoms with Crippen molar-refractivity contribution >= 4 is 21.6 Å². The fraction of sp³-hybridized carbons (Fsp3) is 0.154. The molecule has 0 saturated heterocycles. The van der Waals surface area contributed by atoms with Crippen LogP contribution in [0.1, 0.15) is 11.3 Å². The lowest BCUT2D eigenvalue weighted by molar-refractivity contribution is 0.512. The van der Waals surface area contributed by atoms with Crippen LogP contribution >= 0.6 is 15.9 Å². The Morgan fingerprint density at radius 1 is 1.39 bits per heavy atom. The number of nitriles is 1. The second-order valence-corrected chi connectivity index (χ2v) is 4.45. The maximum atomic E-state index is 13.8. The van der Waals surface area contributed by atoms with Gasteiger partial charge in [0, 0.05) is 13.0 Å². The highest BCUT2D eigenvalue weighted by molar-refractivity contribution is 9.10. The molecule has 0 bridgehead atoms. The van der Waals surface area contributed by atoms with E-state index in [0.717, 1.165) is 5.76 Å². The molecule has 0 aliphatic rings. The lowest BCUT2D eigenvalue weighted by Crippen LogP contribution is -2.06. The first-order valence-corrected chi connectivity index (χ1v) is 6.16. The molecule has 0 amide bonds. The quantitative estimate of drug-likeness (QED) is 0.936. The molecule has 0 unspecified atom stereocenters. The number of nitrogens with zero attached hydrogens (tertiary/aromatic N) is 1. The molecule has 0 aliphatic heterocycles. The lowest BCUT2D eigenvalue weighted by Gasteiger charge is -2.08. The molecule has 3 nitrogen and oxygen atoms in total. The molecule has 0 radical (unpaired) electrons. The van der Waals surface area contributed by atoms with E-state index in [0.29, 0.717) is 18.7 Å². The Bertz CT molecular complexity index is 575. The number of halogens is 2. The van der Waals surface area contributed by atoms with Crippen LogP contribution in [0.25, 0.3) is 0 Å². The van der Waals surface area contributed by atoms with Gasteiger partial charge in [-0.1, -0.05) is 0 Å². The van der Waals surface area contributed by atoms with E-state index in [2.05, 4.69) is 21.2 Å². The van der Waals surface area contributed by atoms with Crippen LogP contribution in [-0.2, 0) is 6.42 Å². The van der Waals surface area contributed by atoms with Gasteiger partial charge in [-0.15, -0.1) is 0 Å². The zero-order valence-electron chi connectivity index (χ0n) is 9.41. The van der Waals surface area contributed by atoms with Crippen LogP contribution in [0.5, 0.6) is 0 Å². The highest BCUT2D eigenvalue weighted by atomic mass is 79.9. The van der Waals surface area contributed by atoms with Crippen LogP contribution in [0.4, 0.5) is 10.1 Å². The number of nitrogens with one attached hydrogen (secondary N) is 1. The molecule has 18 heavy (non-hydrogen) atoms. The maximum absolute atomic E-state index is 13.8. The molecule has 0 spiro atoms. The molecular formula is C13H10BrFN2O. The number of anilines is 1. The van der Waals surface area contributed by atoms with Crippen molar-refractivity contribution in [2.75, 3.05) is 11.9 Å². The van der Waals surface area contributed by atoms with Gasteiger partial charge in [-0.3, -0.25) is 0 Å². The summed E-state index contributed by atoms with van der Waals surface area (Å²) < 4.78 is 19.2. The summed E-state index contributed by atoms with van der Waals surface area (Å²) in [6, 6.07) is 8.72. The van der Waals surface area contributed by atoms with E-state index < -0.39 is 5.82 Å². The van der Waals surface area contributed by atoms with Crippen molar-refractivity contribution < 1.29 is 8.81 Å². The molecule has 5 heteroatoms. The largest absolute Gasteiger partial charge is 0.469 e. The molecule has 2 aromatic rings. The fourth-order valence-electron chi connectivity index (χ4n) is 1.55. The minimum atomic E-state index is -0.450. The first kappa shape index (κ1) is 12.7. The summed E-state index contributed by atoms with van der Waals surface area (Å²) in [5, 5.41) is 11.7. The highest BCUT2D eigenvalue weighted by Gasteiger charge is 2.10. The van der Waals surface area contributed by atoms with Gasteiger partial charge in [-0.05, 0) is 40.2 Å². The van der Waals surface area contributed by atoms with Crippen LogP contribution in [0.15, 0.2) is 39.4 Å². The van der Waals surface area contributed by atoms with Gasteiger partial charge in [0.25, 0.3) is 0 Å². The van der Waals surface area contributed by atoms with E-state index in [-0.39, 0.29) is 10.0 Å². The average Bonchev–Trinajstić information content (AvgIpc) is 2.88. The number of furan rings is 1. The molecule has 1 aromatic heterocycles. The van der Waals surface area contributed by atoms with Crippen LogP contribution in [0.3, 0.4) is 0 Å². The lowest BCUT2D eigenvalue weighted by atomic mass is 10.2. The second kappa shape index (κ2) is 5.69. The van der Waals surface area contributed by atoms with Crippen LogP contribution in [-0.4, -0.2) is 6.54 Å². The Balaban J connectivity index is 2.02. The summed E-state index contributed by atoms with van der Waals surface area (Å²) in [5.41, 5.74) is 0.650. The standard InChI is InChI=1S/C13H10BrFN2O/c14-12-9(8-16)3-4-11(13(12)15)17-6-5-10-2-1-7-18-10/h1-4,7,17H,5-6H2. The van der Waals surface area contributed by atoms with Crippen molar-refractivity contribution in [3.8, 4) is 6.07 Å². The van der Waals surface area contributed by atoms with Gasteiger partial charge in [-0.2, -0.15) is 5.26 Å². The third-order valence-corrected chi connectivity index (χ3v) is 3.24. The van der Waals surface area contributed by atoms with Crippen molar-refractivity contribution in [3.05, 3.63) is 52.1 Å². The molecule has 1 aromatic carbocycles. The van der Waals surface area contributed by atoms with Crippen molar-refractivity contribution in [1.82, 2.24) is 0 Å². The van der Waals surface area contributed by atoms with E-state index in [4.69, 9.17) is 9.68 Å². The molecular weight excluding hydrogens is 299 g/mol. The molecule has 0 fully saturated rings. The number of rotatable bonds is 4. The first-order valence-electron chi connectivity index (χ1n) is 5.36. The average molecular weight is 309 g/mol. The van der Waals surface area contributed by atoms with Gasteiger partial charge in [0.1, 0.15) is 11.8 Å². The smallest absolute Gasteiger partial charge is 0.161 e. The van der Waals surface area contributed by atoms with Gasteiger partial charge in [0.05, 0.1) is 22.0 Å². The Labute approximate surface area is 112 Å². The topological polar surface area (TPSA) is 49.0 Å². The maximum Gasteiger partial charge on any atom is 0.161 e. The van der Waals surface area contributed by atoms with Crippen LogP contribution in [0.2, 0.25) is 0 Å². The normalized spacial score (nSPS) is 10.1. The first-order chi connectivity index (χ1) is 8.72. The van der Waals surface area contributed by atoms with Crippen LogP contribution < -0.4 is 5.32 Å². The molecule has 2 rings (SSSR count). The second-order valence-electron chi connectivity index (χ2n) is 3.66. The Hall–Kier alpha value is -1.80. The Morgan fingerprint density at radius 2 is 2.22 bits per heavy atom.